The molecule has 1 aromatic heterocycles. The first kappa shape index (κ1) is 14.8. The molecular formula is C16H19ClN2O. The highest BCUT2D eigenvalue weighted by atomic mass is 35.5. The SMILES string of the molecule is CCCCN(CCCl)C(=O)c1ccc2ncccc2c1. The molecule has 0 aliphatic heterocycles. The Balaban J connectivity index is 2.23. The third-order valence-electron chi connectivity index (χ3n) is 3.27. The highest BCUT2D eigenvalue weighted by Gasteiger charge is 2.15. The summed E-state index contributed by atoms with van der Waals surface area (Å²) in [5.41, 5.74) is 1.60. The van der Waals surface area contributed by atoms with Gasteiger partial charge in [0.05, 0.1) is 5.52 Å². The van der Waals surface area contributed by atoms with Gasteiger partial charge in [0, 0.05) is 36.1 Å². The molecule has 0 aliphatic rings. The van der Waals surface area contributed by atoms with E-state index in [0.29, 0.717) is 18.0 Å². The van der Waals surface area contributed by atoms with Gasteiger partial charge < -0.3 is 4.90 Å². The van der Waals surface area contributed by atoms with Crippen LogP contribution in [0.3, 0.4) is 0 Å². The van der Waals surface area contributed by atoms with Gasteiger partial charge in [-0.2, -0.15) is 0 Å². The van der Waals surface area contributed by atoms with Crippen molar-refractivity contribution in [1.29, 1.82) is 0 Å². The van der Waals surface area contributed by atoms with E-state index in [9.17, 15) is 4.79 Å². The van der Waals surface area contributed by atoms with Crippen LogP contribution in [0.15, 0.2) is 36.5 Å². The van der Waals surface area contributed by atoms with Gasteiger partial charge in [-0.15, -0.1) is 11.6 Å². The minimum atomic E-state index is 0.0462. The Bertz CT molecular complexity index is 585. The predicted octanol–water partition coefficient (Wildman–Crippen LogP) is 3.72. The van der Waals surface area contributed by atoms with Crippen molar-refractivity contribution in [2.45, 2.75) is 19.8 Å². The Morgan fingerprint density at radius 2 is 2.15 bits per heavy atom. The molecule has 0 saturated carbocycles. The van der Waals surface area contributed by atoms with Crippen LogP contribution in [0.25, 0.3) is 10.9 Å². The van der Waals surface area contributed by atoms with Crippen molar-refractivity contribution in [1.82, 2.24) is 9.88 Å². The number of carbonyl (C=O) groups is 1. The monoisotopic (exact) mass is 290 g/mol. The van der Waals surface area contributed by atoms with E-state index in [1.807, 2.05) is 35.2 Å². The fraction of sp³-hybridized carbons (Fsp3) is 0.375. The van der Waals surface area contributed by atoms with Gasteiger partial charge in [-0.3, -0.25) is 9.78 Å². The van der Waals surface area contributed by atoms with Crippen molar-refractivity contribution in [3.05, 3.63) is 42.1 Å². The number of halogens is 1. The first-order chi connectivity index (χ1) is 9.76. The Labute approximate surface area is 124 Å². The number of carbonyl (C=O) groups excluding carboxylic acids is 1. The zero-order valence-electron chi connectivity index (χ0n) is 11.7. The van der Waals surface area contributed by atoms with Crippen molar-refractivity contribution < 1.29 is 4.79 Å². The number of amides is 1. The molecule has 0 fully saturated rings. The fourth-order valence-corrected chi connectivity index (χ4v) is 2.36. The summed E-state index contributed by atoms with van der Waals surface area (Å²) < 4.78 is 0. The number of aromatic nitrogens is 1. The summed E-state index contributed by atoms with van der Waals surface area (Å²) in [5, 5.41) is 0.986. The van der Waals surface area contributed by atoms with Crippen LogP contribution in [0.2, 0.25) is 0 Å². The largest absolute Gasteiger partial charge is 0.337 e. The molecular weight excluding hydrogens is 272 g/mol. The molecule has 0 spiro atoms. The second-order valence-electron chi connectivity index (χ2n) is 4.75. The van der Waals surface area contributed by atoms with E-state index in [1.165, 1.54) is 0 Å². The first-order valence-electron chi connectivity index (χ1n) is 6.96. The number of pyridine rings is 1. The molecule has 0 bridgehead atoms. The van der Waals surface area contributed by atoms with E-state index >= 15 is 0 Å². The standard InChI is InChI=1S/C16H19ClN2O/c1-2-3-10-19(11-8-17)16(20)14-6-7-15-13(12-14)5-4-9-18-15/h4-7,9,12H,2-3,8,10-11H2,1H3. The van der Waals surface area contributed by atoms with Crippen LogP contribution in [-0.4, -0.2) is 34.8 Å². The van der Waals surface area contributed by atoms with E-state index in [1.54, 1.807) is 6.20 Å². The Morgan fingerprint density at radius 1 is 1.30 bits per heavy atom. The molecule has 1 heterocycles. The van der Waals surface area contributed by atoms with Gasteiger partial charge >= 0.3 is 0 Å². The average molecular weight is 291 g/mol. The smallest absolute Gasteiger partial charge is 0.253 e. The van der Waals surface area contributed by atoms with Crippen molar-refractivity contribution in [2.24, 2.45) is 0 Å². The number of hydrogen-bond acceptors (Lipinski definition) is 2. The molecule has 4 heteroatoms. The molecule has 0 N–H and O–H groups in total. The molecule has 1 amide bonds. The van der Waals surface area contributed by atoms with Gasteiger partial charge in [-0.25, -0.2) is 0 Å². The quantitative estimate of drug-likeness (QED) is 0.760. The highest BCUT2D eigenvalue weighted by Crippen LogP contribution is 2.15. The number of alkyl halides is 1. The van der Waals surface area contributed by atoms with Crippen LogP contribution < -0.4 is 0 Å². The molecule has 0 unspecified atom stereocenters. The van der Waals surface area contributed by atoms with Gasteiger partial charge in [0.2, 0.25) is 0 Å². The third kappa shape index (κ3) is 3.48. The maximum Gasteiger partial charge on any atom is 0.253 e. The normalized spacial score (nSPS) is 10.7. The van der Waals surface area contributed by atoms with Gasteiger partial charge in [0.1, 0.15) is 0 Å². The maximum absolute atomic E-state index is 12.5. The molecule has 0 radical (unpaired) electrons. The van der Waals surface area contributed by atoms with Crippen molar-refractivity contribution in [3.8, 4) is 0 Å². The van der Waals surface area contributed by atoms with Crippen LogP contribution in [-0.2, 0) is 0 Å². The van der Waals surface area contributed by atoms with Crippen LogP contribution >= 0.6 is 11.6 Å². The predicted molar refractivity (Wildman–Crippen MR) is 83.3 cm³/mol. The molecule has 20 heavy (non-hydrogen) atoms. The number of fused-ring (bicyclic) bond motifs is 1. The molecule has 2 aromatic rings. The summed E-state index contributed by atoms with van der Waals surface area (Å²) in [6.07, 6.45) is 3.82. The summed E-state index contributed by atoms with van der Waals surface area (Å²) in [6, 6.07) is 9.48. The lowest BCUT2D eigenvalue weighted by Gasteiger charge is -2.21. The lowest BCUT2D eigenvalue weighted by molar-refractivity contribution is 0.0763. The maximum atomic E-state index is 12.5. The third-order valence-corrected chi connectivity index (χ3v) is 3.44. The molecule has 106 valence electrons. The molecule has 0 saturated heterocycles. The summed E-state index contributed by atoms with van der Waals surface area (Å²) >= 11 is 5.80. The number of rotatable bonds is 6. The number of nitrogens with zero attached hydrogens (tertiary/aromatic N) is 2. The summed E-state index contributed by atoms with van der Waals surface area (Å²) in [7, 11) is 0. The average Bonchev–Trinajstić information content (AvgIpc) is 2.50. The van der Waals surface area contributed by atoms with E-state index in [2.05, 4.69) is 11.9 Å². The number of benzene rings is 1. The Hall–Kier alpha value is -1.61. The zero-order valence-corrected chi connectivity index (χ0v) is 12.4. The van der Waals surface area contributed by atoms with Crippen LogP contribution in [0.5, 0.6) is 0 Å². The van der Waals surface area contributed by atoms with Gasteiger partial charge in [0.15, 0.2) is 0 Å². The molecule has 0 aliphatic carbocycles. The van der Waals surface area contributed by atoms with E-state index < -0.39 is 0 Å². The highest BCUT2D eigenvalue weighted by molar-refractivity contribution is 6.18. The van der Waals surface area contributed by atoms with Crippen LogP contribution in [0, 0.1) is 0 Å². The molecule has 3 nitrogen and oxygen atoms in total. The van der Waals surface area contributed by atoms with Crippen molar-refractivity contribution in [2.75, 3.05) is 19.0 Å². The van der Waals surface area contributed by atoms with E-state index in [4.69, 9.17) is 11.6 Å². The summed E-state index contributed by atoms with van der Waals surface area (Å²) in [5.74, 6) is 0.509. The molecule has 0 atom stereocenters. The summed E-state index contributed by atoms with van der Waals surface area (Å²) in [4.78, 5) is 18.6. The Morgan fingerprint density at radius 3 is 2.90 bits per heavy atom. The topological polar surface area (TPSA) is 33.2 Å². The second kappa shape index (κ2) is 7.25. The molecule has 1 aromatic carbocycles. The first-order valence-corrected chi connectivity index (χ1v) is 7.49. The van der Waals surface area contributed by atoms with Gasteiger partial charge in [-0.1, -0.05) is 19.4 Å². The second-order valence-corrected chi connectivity index (χ2v) is 5.12. The van der Waals surface area contributed by atoms with Crippen LogP contribution in [0.4, 0.5) is 0 Å². The lowest BCUT2D eigenvalue weighted by atomic mass is 10.1. The van der Waals surface area contributed by atoms with Crippen molar-refractivity contribution >= 4 is 28.4 Å². The van der Waals surface area contributed by atoms with Gasteiger partial charge in [-0.05, 0) is 30.7 Å². The van der Waals surface area contributed by atoms with E-state index in [0.717, 1.165) is 30.3 Å². The summed E-state index contributed by atoms with van der Waals surface area (Å²) in [6.45, 7) is 3.46. The minimum absolute atomic E-state index is 0.0462. The van der Waals surface area contributed by atoms with E-state index in [-0.39, 0.29) is 5.91 Å². The lowest BCUT2D eigenvalue weighted by Crippen LogP contribution is -2.33. The fourth-order valence-electron chi connectivity index (χ4n) is 2.16. The number of unbranched alkanes of at least 4 members (excludes halogenated alkanes) is 1. The van der Waals surface area contributed by atoms with Crippen molar-refractivity contribution in [3.63, 3.8) is 0 Å². The Kier molecular flexibility index (Phi) is 5.36. The van der Waals surface area contributed by atoms with Crippen LogP contribution in [0.1, 0.15) is 30.1 Å². The number of hydrogen-bond donors (Lipinski definition) is 0. The van der Waals surface area contributed by atoms with Gasteiger partial charge in [0.25, 0.3) is 5.91 Å². The zero-order chi connectivity index (χ0) is 14.4. The molecule has 2 rings (SSSR count). The minimum Gasteiger partial charge on any atom is -0.337 e.